The van der Waals surface area contributed by atoms with Crippen LogP contribution in [0.2, 0.25) is 0 Å². The molecule has 1 heterocycles. The molecular formula is C10H6N2O4S. The van der Waals surface area contributed by atoms with Gasteiger partial charge in [0.05, 0.1) is 10.5 Å². The van der Waals surface area contributed by atoms with E-state index < -0.39 is 10.5 Å². The second-order valence-corrected chi connectivity index (χ2v) is 3.73. The summed E-state index contributed by atoms with van der Waals surface area (Å²) >= 11 is 4.68. The van der Waals surface area contributed by atoms with E-state index in [2.05, 4.69) is 12.2 Å². The number of nitro benzene ring substituents is 1. The van der Waals surface area contributed by atoms with Gasteiger partial charge in [-0.2, -0.15) is 0 Å². The highest BCUT2D eigenvalue weighted by Crippen LogP contribution is 2.20. The lowest BCUT2D eigenvalue weighted by Crippen LogP contribution is -2.19. The van der Waals surface area contributed by atoms with Crippen LogP contribution in [-0.2, 0) is 0 Å². The monoisotopic (exact) mass is 250 g/mol. The van der Waals surface area contributed by atoms with Crippen LogP contribution in [-0.4, -0.2) is 9.91 Å². The van der Waals surface area contributed by atoms with Gasteiger partial charge in [0.25, 0.3) is 5.69 Å². The standard InChI is InChI=1S/C10H6N2O4S/c11-9(17)7-4-5-3-6(12(14)15)1-2-8(5)16-10(7)13/h1-4H,(H2,11,17). The summed E-state index contributed by atoms with van der Waals surface area (Å²) in [5, 5.41) is 11.0. The van der Waals surface area contributed by atoms with Gasteiger partial charge in [-0.05, 0) is 12.1 Å². The Morgan fingerprint density at radius 3 is 2.71 bits per heavy atom. The molecule has 2 aromatic rings. The Morgan fingerprint density at radius 2 is 2.12 bits per heavy atom. The Balaban J connectivity index is 2.77. The van der Waals surface area contributed by atoms with Crippen molar-refractivity contribution in [3.05, 3.63) is 50.4 Å². The zero-order chi connectivity index (χ0) is 12.6. The largest absolute Gasteiger partial charge is 0.422 e. The van der Waals surface area contributed by atoms with Crippen molar-refractivity contribution in [3.63, 3.8) is 0 Å². The maximum Gasteiger partial charge on any atom is 0.346 e. The van der Waals surface area contributed by atoms with E-state index >= 15 is 0 Å². The van der Waals surface area contributed by atoms with Crippen LogP contribution in [0.25, 0.3) is 11.0 Å². The third-order valence-corrected chi connectivity index (χ3v) is 2.41. The van der Waals surface area contributed by atoms with E-state index in [-0.39, 0.29) is 21.8 Å². The molecule has 2 rings (SSSR count). The number of hydrogen-bond donors (Lipinski definition) is 1. The van der Waals surface area contributed by atoms with Gasteiger partial charge in [0.2, 0.25) is 0 Å². The first-order valence-corrected chi connectivity index (χ1v) is 4.92. The fourth-order valence-corrected chi connectivity index (χ4v) is 1.54. The average molecular weight is 250 g/mol. The molecule has 17 heavy (non-hydrogen) atoms. The molecule has 0 unspecified atom stereocenters. The van der Waals surface area contributed by atoms with Gasteiger partial charge >= 0.3 is 5.63 Å². The highest BCUT2D eigenvalue weighted by molar-refractivity contribution is 7.80. The van der Waals surface area contributed by atoms with Crippen LogP contribution >= 0.6 is 12.2 Å². The molecule has 0 atom stereocenters. The van der Waals surface area contributed by atoms with E-state index in [1.807, 2.05) is 0 Å². The molecule has 0 saturated carbocycles. The van der Waals surface area contributed by atoms with Crippen LogP contribution in [0.15, 0.2) is 33.5 Å². The average Bonchev–Trinajstić information content (AvgIpc) is 2.27. The van der Waals surface area contributed by atoms with E-state index in [0.717, 1.165) is 0 Å². The Bertz CT molecular complexity index is 692. The lowest BCUT2D eigenvalue weighted by Gasteiger charge is -2.00. The summed E-state index contributed by atoms with van der Waals surface area (Å²) in [6, 6.07) is 5.29. The molecule has 6 nitrogen and oxygen atoms in total. The Labute approximate surface area is 99.8 Å². The molecule has 2 N–H and O–H groups in total. The van der Waals surface area contributed by atoms with Gasteiger partial charge in [0.1, 0.15) is 10.6 Å². The number of thiocarbonyl (C=S) groups is 1. The van der Waals surface area contributed by atoms with E-state index in [1.165, 1.54) is 24.3 Å². The van der Waals surface area contributed by atoms with Crippen LogP contribution in [0.1, 0.15) is 5.56 Å². The zero-order valence-corrected chi connectivity index (χ0v) is 9.19. The van der Waals surface area contributed by atoms with Gasteiger partial charge in [0, 0.05) is 17.5 Å². The van der Waals surface area contributed by atoms with E-state index in [1.54, 1.807) is 0 Å². The number of nitrogens with zero attached hydrogens (tertiary/aromatic N) is 1. The summed E-state index contributed by atoms with van der Waals surface area (Å²) in [5.74, 6) is 0. The molecule has 0 radical (unpaired) electrons. The van der Waals surface area contributed by atoms with Crippen molar-refractivity contribution in [1.82, 2.24) is 0 Å². The first-order valence-electron chi connectivity index (χ1n) is 4.51. The summed E-state index contributed by atoms with van der Waals surface area (Å²) in [6.07, 6.45) is 0. The summed E-state index contributed by atoms with van der Waals surface area (Å²) in [7, 11) is 0. The first-order chi connectivity index (χ1) is 7.99. The van der Waals surface area contributed by atoms with Crippen molar-refractivity contribution < 1.29 is 9.34 Å². The van der Waals surface area contributed by atoms with E-state index in [4.69, 9.17) is 10.2 Å². The van der Waals surface area contributed by atoms with Gasteiger partial charge in [-0.25, -0.2) is 4.79 Å². The Kier molecular flexibility index (Phi) is 2.60. The van der Waals surface area contributed by atoms with Crippen LogP contribution in [0.4, 0.5) is 5.69 Å². The molecule has 0 fully saturated rings. The lowest BCUT2D eigenvalue weighted by molar-refractivity contribution is -0.384. The fourth-order valence-electron chi connectivity index (χ4n) is 1.40. The molecule has 1 aromatic heterocycles. The number of hydrogen-bond acceptors (Lipinski definition) is 5. The second-order valence-electron chi connectivity index (χ2n) is 3.29. The molecule has 0 aliphatic rings. The van der Waals surface area contributed by atoms with Crippen LogP contribution in [0.5, 0.6) is 0 Å². The number of benzene rings is 1. The number of fused-ring (bicyclic) bond motifs is 1. The molecule has 0 bridgehead atoms. The van der Waals surface area contributed by atoms with Crippen molar-refractivity contribution >= 4 is 33.9 Å². The van der Waals surface area contributed by atoms with Crippen LogP contribution in [0, 0.1) is 10.1 Å². The van der Waals surface area contributed by atoms with Gasteiger partial charge < -0.3 is 10.2 Å². The van der Waals surface area contributed by atoms with Crippen LogP contribution < -0.4 is 11.4 Å². The molecule has 7 heteroatoms. The number of rotatable bonds is 2. The maximum absolute atomic E-state index is 11.4. The van der Waals surface area contributed by atoms with Crippen molar-refractivity contribution in [1.29, 1.82) is 0 Å². The number of nitro groups is 1. The van der Waals surface area contributed by atoms with Crippen molar-refractivity contribution in [2.24, 2.45) is 5.73 Å². The minimum Gasteiger partial charge on any atom is -0.422 e. The first kappa shape index (κ1) is 11.2. The van der Waals surface area contributed by atoms with Crippen LogP contribution in [0.3, 0.4) is 0 Å². The summed E-state index contributed by atoms with van der Waals surface area (Å²) in [5.41, 5.74) is 4.88. The molecule has 0 aliphatic carbocycles. The topological polar surface area (TPSA) is 99.4 Å². The second kappa shape index (κ2) is 3.95. The van der Waals surface area contributed by atoms with E-state index in [9.17, 15) is 14.9 Å². The summed E-state index contributed by atoms with van der Waals surface area (Å²) in [4.78, 5) is 21.4. The third-order valence-electron chi connectivity index (χ3n) is 2.19. The predicted octanol–water partition coefficient (Wildman–Crippen LogP) is 1.34. The van der Waals surface area contributed by atoms with Gasteiger partial charge in [-0.3, -0.25) is 10.1 Å². The summed E-state index contributed by atoms with van der Waals surface area (Å²) in [6.45, 7) is 0. The predicted molar refractivity (Wildman–Crippen MR) is 65.0 cm³/mol. The quantitative estimate of drug-likeness (QED) is 0.373. The molecule has 0 saturated heterocycles. The zero-order valence-electron chi connectivity index (χ0n) is 8.38. The minimum atomic E-state index is -0.654. The Morgan fingerprint density at radius 1 is 1.41 bits per heavy atom. The third kappa shape index (κ3) is 2.00. The van der Waals surface area contributed by atoms with E-state index in [0.29, 0.717) is 5.39 Å². The summed E-state index contributed by atoms with van der Waals surface area (Å²) < 4.78 is 4.94. The smallest absolute Gasteiger partial charge is 0.346 e. The fraction of sp³-hybridized carbons (Fsp3) is 0. The molecule has 0 spiro atoms. The van der Waals surface area contributed by atoms with Crippen molar-refractivity contribution in [2.45, 2.75) is 0 Å². The van der Waals surface area contributed by atoms with Gasteiger partial charge in [0.15, 0.2) is 0 Å². The van der Waals surface area contributed by atoms with Gasteiger partial charge in [-0.1, -0.05) is 12.2 Å². The molecule has 86 valence electrons. The Hall–Kier alpha value is -2.28. The molecule has 1 aromatic carbocycles. The van der Waals surface area contributed by atoms with Crippen molar-refractivity contribution in [3.8, 4) is 0 Å². The number of nitrogens with two attached hydrogens (primary N) is 1. The normalized spacial score (nSPS) is 10.4. The number of non-ortho nitro benzene ring substituents is 1. The molecular weight excluding hydrogens is 244 g/mol. The molecule has 0 aliphatic heterocycles. The molecule has 0 amide bonds. The highest BCUT2D eigenvalue weighted by atomic mass is 32.1. The minimum absolute atomic E-state index is 0.0352. The SMILES string of the molecule is NC(=S)c1cc2cc([N+](=O)[O-])ccc2oc1=O. The van der Waals surface area contributed by atoms with Gasteiger partial charge in [-0.15, -0.1) is 0 Å². The van der Waals surface area contributed by atoms with Crippen molar-refractivity contribution in [2.75, 3.05) is 0 Å². The highest BCUT2D eigenvalue weighted by Gasteiger charge is 2.11. The lowest BCUT2D eigenvalue weighted by atomic mass is 10.1. The maximum atomic E-state index is 11.4.